The molecule has 7 nitrogen and oxygen atoms in total. The van der Waals surface area contributed by atoms with Gasteiger partial charge in [-0.05, 0) is 30.9 Å². The fraction of sp³-hybridized carbons (Fsp3) is 0.375. The molecule has 0 radical (unpaired) electrons. The van der Waals surface area contributed by atoms with Gasteiger partial charge >= 0.3 is 5.97 Å². The first-order valence-electron chi connectivity index (χ1n) is 7.58. The van der Waals surface area contributed by atoms with E-state index in [-0.39, 0.29) is 11.6 Å². The van der Waals surface area contributed by atoms with Gasteiger partial charge in [-0.3, -0.25) is 4.79 Å². The molecule has 0 bridgehead atoms. The molecule has 1 saturated heterocycles. The fourth-order valence-electron chi connectivity index (χ4n) is 2.81. The zero-order valence-corrected chi connectivity index (χ0v) is 12.8. The number of carbonyl (C=O) groups excluding carboxylic acids is 1. The molecule has 0 aliphatic carbocycles. The first-order chi connectivity index (χ1) is 11.1. The highest BCUT2D eigenvalue weighted by Crippen LogP contribution is 2.24. The van der Waals surface area contributed by atoms with Crippen LogP contribution in [0.4, 0.5) is 0 Å². The van der Waals surface area contributed by atoms with Gasteiger partial charge in [0.2, 0.25) is 0 Å². The van der Waals surface area contributed by atoms with Crippen molar-refractivity contribution >= 4 is 11.9 Å². The summed E-state index contributed by atoms with van der Waals surface area (Å²) in [5, 5.41) is 17.7. The van der Waals surface area contributed by atoms with Crippen molar-refractivity contribution in [3.63, 3.8) is 0 Å². The van der Waals surface area contributed by atoms with Gasteiger partial charge in [0.15, 0.2) is 5.69 Å². The van der Waals surface area contributed by atoms with Crippen LogP contribution in [-0.2, 0) is 4.79 Å². The Balaban J connectivity index is 1.83. The van der Waals surface area contributed by atoms with Crippen LogP contribution in [0.5, 0.6) is 0 Å². The van der Waals surface area contributed by atoms with Gasteiger partial charge in [0.25, 0.3) is 5.91 Å². The highest BCUT2D eigenvalue weighted by molar-refractivity contribution is 5.94. The maximum Gasteiger partial charge on any atom is 0.326 e. The molecule has 1 N–H and O–H groups in total. The highest BCUT2D eigenvalue weighted by atomic mass is 16.4. The highest BCUT2D eigenvalue weighted by Gasteiger charge is 2.36. The van der Waals surface area contributed by atoms with Crippen LogP contribution in [0.1, 0.15) is 30.3 Å². The lowest BCUT2D eigenvalue weighted by Gasteiger charge is -2.35. The summed E-state index contributed by atoms with van der Waals surface area (Å²) in [5.74, 6) is -1.06. The van der Waals surface area contributed by atoms with Crippen LogP contribution >= 0.6 is 0 Å². The van der Waals surface area contributed by atoms with Crippen molar-refractivity contribution in [3.8, 4) is 5.69 Å². The number of aromatic nitrogens is 3. The molecule has 1 fully saturated rings. The summed E-state index contributed by atoms with van der Waals surface area (Å²) in [5.41, 5.74) is 0.906. The predicted octanol–water partition coefficient (Wildman–Crippen LogP) is 1.59. The number of carboxylic acid groups (broad SMARTS) is 1. The van der Waals surface area contributed by atoms with E-state index < -0.39 is 12.0 Å². The van der Waals surface area contributed by atoms with Crippen LogP contribution in [0.25, 0.3) is 5.69 Å². The minimum atomic E-state index is -0.972. The topological polar surface area (TPSA) is 88.3 Å². The van der Waals surface area contributed by atoms with Gasteiger partial charge in [-0.25, -0.2) is 4.79 Å². The first kappa shape index (κ1) is 15.2. The van der Waals surface area contributed by atoms with Crippen molar-refractivity contribution in [2.45, 2.75) is 25.8 Å². The van der Waals surface area contributed by atoms with Crippen molar-refractivity contribution < 1.29 is 14.7 Å². The van der Waals surface area contributed by atoms with Gasteiger partial charge in [-0.2, -0.15) is 9.90 Å². The average molecular weight is 314 g/mol. The molecule has 1 amide bonds. The number of benzene rings is 1. The molecule has 1 aromatic carbocycles. The van der Waals surface area contributed by atoms with Crippen LogP contribution < -0.4 is 0 Å². The van der Waals surface area contributed by atoms with Crippen molar-refractivity contribution in [1.29, 1.82) is 0 Å². The Bertz CT molecular complexity index is 713. The van der Waals surface area contributed by atoms with E-state index in [4.69, 9.17) is 0 Å². The molecule has 1 aliphatic heterocycles. The Labute approximate surface area is 133 Å². The Hall–Kier alpha value is -2.70. The van der Waals surface area contributed by atoms with Crippen LogP contribution in [0.3, 0.4) is 0 Å². The zero-order chi connectivity index (χ0) is 16.4. The second kappa shape index (κ2) is 6.20. The smallest absolute Gasteiger partial charge is 0.326 e. The second-order valence-corrected chi connectivity index (χ2v) is 5.84. The normalized spacial score (nSPS) is 21.2. The van der Waals surface area contributed by atoms with E-state index in [1.807, 2.05) is 37.3 Å². The Morgan fingerprint density at radius 1 is 1.26 bits per heavy atom. The number of para-hydroxylation sites is 1. The average Bonchev–Trinajstić information content (AvgIpc) is 3.05. The molecule has 2 aromatic rings. The summed E-state index contributed by atoms with van der Waals surface area (Å²) in [4.78, 5) is 26.8. The third kappa shape index (κ3) is 3.08. The van der Waals surface area contributed by atoms with Gasteiger partial charge in [-0.1, -0.05) is 25.1 Å². The van der Waals surface area contributed by atoms with Crippen molar-refractivity contribution in [2.24, 2.45) is 5.92 Å². The fourth-order valence-corrected chi connectivity index (χ4v) is 2.81. The molecule has 1 aliphatic rings. The Morgan fingerprint density at radius 2 is 2.00 bits per heavy atom. The number of rotatable bonds is 3. The first-order valence-corrected chi connectivity index (χ1v) is 7.58. The minimum Gasteiger partial charge on any atom is -0.480 e. The molecule has 2 unspecified atom stereocenters. The number of carboxylic acids is 1. The van der Waals surface area contributed by atoms with Crippen molar-refractivity contribution in [1.82, 2.24) is 19.9 Å². The predicted molar refractivity (Wildman–Crippen MR) is 82.2 cm³/mol. The third-order valence-electron chi connectivity index (χ3n) is 4.11. The van der Waals surface area contributed by atoms with E-state index in [0.29, 0.717) is 18.9 Å². The maximum absolute atomic E-state index is 12.6. The number of aliphatic carboxylic acids is 1. The summed E-state index contributed by atoms with van der Waals surface area (Å²) in [6, 6.07) is 8.45. The number of carbonyl (C=O) groups is 2. The number of nitrogens with zero attached hydrogens (tertiary/aromatic N) is 4. The molecule has 120 valence electrons. The monoisotopic (exact) mass is 314 g/mol. The van der Waals surface area contributed by atoms with E-state index >= 15 is 0 Å². The van der Waals surface area contributed by atoms with E-state index in [9.17, 15) is 14.7 Å². The van der Waals surface area contributed by atoms with Gasteiger partial charge in [0, 0.05) is 6.54 Å². The molecular formula is C16H18N4O3. The number of hydrogen-bond donors (Lipinski definition) is 1. The second-order valence-electron chi connectivity index (χ2n) is 5.84. The minimum absolute atomic E-state index is 0.162. The van der Waals surface area contributed by atoms with Crippen molar-refractivity contribution in [3.05, 3.63) is 42.2 Å². The summed E-state index contributed by atoms with van der Waals surface area (Å²) < 4.78 is 0. The zero-order valence-electron chi connectivity index (χ0n) is 12.8. The van der Waals surface area contributed by atoms with E-state index in [0.717, 1.165) is 12.1 Å². The lowest BCUT2D eigenvalue weighted by atomic mass is 9.92. The largest absolute Gasteiger partial charge is 0.480 e. The molecule has 3 rings (SSSR count). The van der Waals surface area contributed by atoms with Crippen molar-refractivity contribution in [2.75, 3.05) is 6.54 Å². The molecule has 1 aromatic heterocycles. The summed E-state index contributed by atoms with van der Waals surface area (Å²) in [6.45, 7) is 2.43. The number of piperidine rings is 1. The van der Waals surface area contributed by atoms with E-state index in [1.165, 1.54) is 15.9 Å². The van der Waals surface area contributed by atoms with Crippen LogP contribution in [0.2, 0.25) is 0 Å². The lowest BCUT2D eigenvalue weighted by Crippen LogP contribution is -2.49. The van der Waals surface area contributed by atoms with Gasteiger partial charge < -0.3 is 10.0 Å². The van der Waals surface area contributed by atoms with Gasteiger partial charge in [0.05, 0.1) is 11.9 Å². The lowest BCUT2D eigenvalue weighted by molar-refractivity contribution is -0.144. The number of amides is 1. The summed E-state index contributed by atoms with van der Waals surface area (Å²) in [7, 11) is 0. The van der Waals surface area contributed by atoms with Gasteiger partial charge in [-0.15, -0.1) is 5.10 Å². The quantitative estimate of drug-likeness (QED) is 0.929. The van der Waals surface area contributed by atoms with Crippen LogP contribution in [-0.4, -0.2) is 49.5 Å². The maximum atomic E-state index is 12.6. The Morgan fingerprint density at radius 3 is 2.70 bits per heavy atom. The summed E-state index contributed by atoms with van der Waals surface area (Å²) >= 11 is 0. The van der Waals surface area contributed by atoms with Crippen LogP contribution in [0, 0.1) is 5.92 Å². The third-order valence-corrected chi connectivity index (χ3v) is 4.11. The van der Waals surface area contributed by atoms with Gasteiger partial charge in [0.1, 0.15) is 6.04 Å². The molecule has 23 heavy (non-hydrogen) atoms. The molecule has 0 spiro atoms. The molecule has 2 heterocycles. The van der Waals surface area contributed by atoms with Crippen LogP contribution in [0.15, 0.2) is 36.5 Å². The molecule has 0 saturated carbocycles. The van der Waals surface area contributed by atoms with E-state index in [2.05, 4.69) is 10.2 Å². The molecule has 2 atom stereocenters. The number of likely N-dealkylation sites (tertiary alicyclic amines) is 1. The standard InChI is InChI=1S/C16H18N4O3/c1-11-7-8-19(14(9-11)16(22)23)15(21)13-10-17-20(18-13)12-5-3-2-4-6-12/h2-6,10-11,14H,7-9H2,1H3,(H,22,23). The Kier molecular flexibility index (Phi) is 4.10. The molecular weight excluding hydrogens is 296 g/mol. The van der Waals surface area contributed by atoms with E-state index in [1.54, 1.807) is 0 Å². The number of hydrogen-bond acceptors (Lipinski definition) is 4. The summed E-state index contributed by atoms with van der Waals surface area (Å²) in [6.07, 6.45) is 2.64. The molecule has 7 heteroatoms. The SMILES string of the molecule is CC1CCN(C(=O)c2cnn(-c3ccccc3)n2)C(C(=O)O)C1.